The number of hydrogen-bond donors (Lipinski definition) is 7. The minimum Gasteiger partial charge on any atom is -0.487 e. The van der Waals surface area contributed by atoms with Gasteiger partial charge in [0.25, 0.3) is 0 Å². The lowest BCUT2D eigenvalue weighted by molar-refractivity contribution is -0.250. The van der Waals surface area contributed by atoms with Crippen molar-refractivity contribution in [3.05, 3.63) is 34.9 Å². The molecule has 4 aliphatic carbocycles. The van der Waals surface area contributed by atoms with Crippen LogP contribution in [-0.2, 0) is 24.9 Å². The van der Waals surface area contributed by atoms with Crippen molar-refractivity contribution in [2.75, 3.05) is 0 Å². The first kappa shape index (κ1) is 36.6. The Kier molecular flexibility index (Phi) is 11.1. The van der Waals surface area contributed by atoms with Gasteiger partial charge in [-0.2, -0.15) is 0 Å². The van der Waals surface area contributed by atoms with Crippen LogP contribution in [0.2, 0.25) is 0 Å². The number of phosphoric acid groups is 2. The summed E-state index contributed by atoms with van der Waals surface area (Å²) < 4.78 is 37.8. The van der Waals surface area contributed by atoms with Gasteiger partial charge in [0, 0.05) is 17.4 Å². The Bertz CT molecular complexity index is 1260. The smallest absolute Gasteiger partial charge is 0.470 e. The molecule has 3 saturated carbocycles. The Hall–Kier alpha value is -1.63. The van der Waals surface area contributed by atoms with Gasteiger partial charge < -0.3 is 46.2 Å². The fourth-order valence-electron chi connectivity index (χ4n) is 6.88. The summed E-state index contributed by atoms with van der Waals surface area (Å²) in [6.07, 6.45) is 9.24. The van der Waals surface area contributed by atoms with Crippen molar-refractivity contribution in [2.24, 2.45) is 11.3 Å². The number of ether oxygens (including phenoxy) is 2. The van der Waals surface area contributed by atoms with E-state index in [9.17, 15) is 19.1 Å². The molecule has 1 aromatic carbocycles. The summed E-state index contributed by atoms with van der Waals surface area (Å²) in [5.41, 5.74) is 1.52. The van der Waals surface area contributed by atoms with Crippen molar-refractivity contribution in [3.8, 4) is 11.5 Å². The van der Waals surface area contributed by atoms with Gasteiger partial charge in [-0.15, -0.1) is 0 Å². The fourth-order valence-corrected chi connectivity index (χ4v) is 7.58. The predicted molar refractivity (Wildman–Crippen MR) is 156 cm³/mol. The van der Waals surface area contributed by atoms with Crippen molar-refractivity contribution < 1.29 is 52.4 Å². The number of carbonyl (C=O) groups excluding carboxylic acids is 1. The number of fused-ring (bicyclic) bond motifs is 3. The van der Waals surface area contributed by atoms with E-state index >= 15 is 0 Å². The molecular weight excluding hydrogens is 590 g/mol. The average Bonchev–Trinajstić information content (AvgIpc) is 2.72. The maximum Gasteiger partial charge on any atom is 0.470 e. The first-order valence-electron chi connectivity index (χ1n) is 13.6. The number of unbranched alkanes of at least 4 members (excludes halogenated alkanes) is 2. The van der Waals surface area contributed by atoms with Crippen LogP contribution in [0.3, 0.4) is 0 Å². The molecule has 42 heavy (non-hydrogen) atoms. The first-order valence-corrected chi connectivity index (χ1v) is 16.7. The van der Waals surface area contributed by atoms with E-state index in [-0.39, 0.29) is 35.7 Å². The van der Waals surface area contributed by atoms with Crippen LogP contribution >= 0.6 is 15.6 Å². The van der Waals surface area contributed by atoms with Crippen LogP contribution in [0.4, 0.5) is 0 Å². The molecule has 1 heterocycles. The second-order valence-corrected chi connectivity index (χ2v) is 14.5. The minimum absolute atomic E-state index is 0. The number of allylic oxidation sites excluding steroid dienone is 2. The number of rotatable bonds is 8. The van der Waals surface area contributed by atoms with Crippen molar-refractivity contribution >= 4 is 21.6 Å². The van der Waals surface area contributed by atoms with E-state index in [1.807, 2.05) is 6.07 Å². The van der Waals surface area contributed by atoms with Gasteiger partial charge in [-0.05, 0) is 83.4 Å². The molecule has 0 spiro atoms. The molecule has 1 aliphatic heterocycles. The third-order valence-corrected chi connectivity index (χ3v) is 9.17. The molecule has 2 atom stereocenters. The van der Waals surface area contributed by atoms with Crippen LogP contribution in [0.5, 0.6) is 11.5 Å². The highest BCUT2D eigenvalue weighted by Crippen LogP contribution is 2.72. The normalized spacial score (nSPS) is 28.3. The summed E-state index contributed by atoms with van der Waals surface area (Å²) in [5, 5.41) is 0. The van der Waals surface area contributed by atoms with E-state index in [1.54, 1.807) is 0 Å². The van der Waals surface area contributed by atoms with Crippen LogP contribution in [0.15, 0.2) is 23.8 Å². The number of benzene rings is 1. The number of hydrogen-bond acceptors (Lipinski definition) is 8. The summed E-state index contributed by atoms with van der Waals surface area (Å²) in [6, 6.07) is 4.16. The Morgan fingerprint density at radius 3 is 2.19 bits per heavy atom. The Labute approximate surface area is 246 Å². The van der Waals surface area contributed by atoms with Gasteiger partial charge in [0.05, 0.1) is 11.0 Å². The lowest BCUT2D eigenvalue weighted by atomic mass is 9.41. The highest BCUT2D eigenvalue weighted by Gasteiger charge is 2.75. The van der Waals surface area contributed by atoms with E-state index in [0.717, 1.165) is 55.4 Å². The molecule has 3 fully saturated rings. The molecule has 240 valence electrons. The van der Waals surface area contributed by atoms with E-state index in [1.165, 1.54) is 5.57 Å². The van der Waals surface area contributed by atoms with Crippen LogP contribution in [-0.4, -0.2) is 41.6 Å². The van der Waals surface area contributed by atoms with Gasteiger partial charge >= 0.3 is 21.6 Å². The molecular formula is C27H46N2O11P2. The highest BCUT2D eigenvalue weighted by atomic mass is 31.2. The zero-order valence-electron chi connectivity index (χ0n) is 24.7. The number of phosphoric ester groups is 1. The van der Waals surface area contributed by atoms with E-state index in [2.05, 4.69) is 39.8 Å². The molecule has 11 N–H and O–H groups in total. The van der Waals surface area contributed by atoms with E-state index in [4.69, 9.17) is 33.2 Å². The fraction of sp³-hybridized carbons (Fsp3) is 0.667. The standard InChI is InChI=1S/C27H37O7P.2H3N.H3O4P/c1-5-6-7-8-18-12-21(32-24(28)26-14-27(15-26,16-26)34-35(29,30)31)23-19-11-17(2)9-10-20(19)25(3,4)33-22(23)13-18;;;1-5(2,3)4/h9,12-13,19-20H,5-8,10-11,14-16H2,1-4H3,(H2,29,30,31);2*1H3;(H3,1,2,3,4)/t19-,20-,26?,27?;;;/m1.../s1. The van der Waals surface area contributed by atoms with Crippen molar-refractivity contribution in [3.63, 3.8) is 0 Å². The van der Waals surface area contributed by atoms with E-state index in [0.29, 0.717) is 25.0 Å². The SMILES string of the molecule is CCCCCc1cc(OC(=O)C23CC(OP(=O)(O)O)(C2)C3)c2c(c1)OC(C)(C)[C@@H]1CC=C(C)C[C@@H]21.N.N.O=P(O)(O)O. The Morgan fingerprint density at radius 1 is 1.05 bits per heavy atom. The number of aryl methyl sites for hydroxylation is 1. The molecule has 5 aliphatic rings. The Morgan fingerprint density at radius 2 is 1.64 bits per heavy atom. The van der Waals surface area contributed by atoms with Gasteiger partial charge in [-0.3, -0.25) is 9.32 Å². The maximum atomic E-state index is 13.3. The summed E-state index contributed by atoms with van der Waals surface area (Å²) >= 11 is 0. The van der Waals surface area contributed by atoms with Crippen molar-refractivity contribution in [1.82, 2.24) is 12.3 Å². The van der Waals surface area contributed by atoms with Crippen LogP contribution in [0, 0.1) is 11.3 Å². The van der Waals surface area contributed by atoms with Gasteiger partial charge in [-0.1, -0.05) is 31.4 Å². The van der Waals surface area contributed by atoms with Gasteiger partial charge in [0.2, 0.25) is 0 Å². The third-order valence-electron chi connectivity index (χ3n) is 8.55. The molecule has 6 rings (SSSR count). The molecule has 13 nitrogen and oxygen atoms in total. The van der Waals surface area contributed by atoms with Crippen LogP contribution in [0.25, 0.3) is 0 Å². The highest BCUT2D eigenvalue weighted by molar-refractivity contribution is 7.46. The summed E-state index contributed by atoms with van der Waals surface area (Å²) in [6.45, 7) is 8.64. The number of carbonyl (C=O) groups is 1. The second kappa shape index (κ2) is 12.8. The molecule has 2 bridgehead atoms. The number of esters is 1. The maximum absolute atomic E-state index is 13.3. The quantitative estimate of drug-likeness (QED) is 0.0624. The second-order valence-electron chi connectivity index (χ2n) is 12.4. The lowest BCUT2D eigenvalue weighted by Crippen LogP contribution is -2.71. The molecule has 0 radical (unpaired) electrons. The zero-order chi connectivity index (χ0) is 29.7. The molecule has 0 unspecified atom stereocenters. The van der Waals surface area contributed by atoms with E-state index < -0.39 is 26.7 Å². The third kappa shape index (κ3) is 8.09. The topological polar surface area (TPSA) is 250 Å². The lowest BCUT2D eigenvalue weighted by Gasteiger charge is -2.66. The molecule has 1 aromatic rings. The monoisotopic (exact) mass is 636 g/mol. The van der Waals surface area contributed by atoms with Crippen molar-refractivity contribution in [2.45, 2.75) is 103 Å². The molecule has 0 amide bonds. The summed E-state index contributed by atoms with van der Waals surface area (Å²) in [7, 11) is -9.22. The first-order chi connectivity index (χ1) is 18.4. The largest absolute Gasteiger partial charge is 0.487 e. The minimum atomic E-state index is -4.64. The molecule has 0 saturated heterocycles. The average molecular weight is 637 g/mol. The van der Waals surface area contributed by atoms with Crippen LogP contribution < -0.4 is 21.8 Å². The van der Waals surface area contributed by atoms with Gasteiger partial charge in [0.15, 0.2) is 0 Å². The summed E-state index contributed by atoms with van der Waals surface area (Å²) in [5.74, 6) is 1.59. The van der Waals surface area contributed by atoms with Gasteiger partial charge in [0.1, 0.15) is 17.1 Å². The predicted octanol–water partition coefficient (Wildman–Crippen LogP) is 5.36. The molecule has 0 aromatic heterocycles. The summed E-state index contributed by atoms with van der Waals surface area (Å²) in [4.78, 5) is 53.3. The Balaban J connectivity index is 0.000000814. The van der Waals surface area contributed by atoms with Gasteiger partial charge in [-0.25, -0.2) is 9.13 Å². The molecule has 15 heteroatoms. The van der Waals surface area contributed by atoms with Crippen LogP contribution in [0.1, 0.15) is 96.1 Å². The zero-order valence-corrected chi connectivity index (χ0v) is 26.5. The van der Waals surface area contributed by atoms with Crippen molar-refractivity contribution in [1.29, 1.82) is 0 Å².